The summed E-state index contributed by atoms with van der Waals surface area (Å²) in [5, 5.41) is 9.33. The lowest BCUT2D eigenvalue weighted by Crippen LogP contribution is -2.11. The van der Waals surface area contributed by atoms with Crippen LogP contribution in [0.3, 0.4) is 0 Å². The van der Waals surface area contributed by atoms with Crippen LogP contribution in [0.1, 0.15) is 38.8 Å². The van der Waals surface area contributed by atoms with Crippen LogP contribution in [0, 0.1) is 0 Å². The molecule has 0 saturated heterocycles. The van der Waals surface area contributed by atoms with E-state index in [9.17, 15) is 9.90 Å². The molecule has 1 heterocycles. The average Bonchev–Trinajstić information content (AvgIpc) is 2.49. The van der Waals surface area contributed by atoms with Gasteiger partial charge in [-0.25, -0.2) is 9.78 Å². The van der Waals surface area contributed by atoms with Gasteiger partial charge in [-0.1, -0.05) is 45.0 Å². The summed E-state index contributed by atoms with van der Waals surface area (Å²) >= 11 is 0. The van der Waals surface area contributed by atoms with Crippen molar-refractivity contribution in [3.8, 4) is 11.6 Å². The number of ether oxygens (including phenoxy) is 1. The van der Waals surface area contributed by atoms with Gasteiger partial charge in [0, 0.05) is 17.8 Å². The number of aromatic nitrogens is 1. The lowest BCUT2D eigenvalue weighted by atomic mass is 9.88. The molecule has 1 N–H and O–H groups in total. The number of hydrogen-bond acceptors (Lipinski definition) is 3. The zero-order chi connectivity index (χ0) is 17.0. The van der Waals surface area contributed by atoms with E-state index in [1.54, 1.807) is 37.4 Å². The third-order valence-corrected chi connectivity index (χ3v) is 3.51. The molecule has 0 amide bonds. The quantitative estimate of drug-likeness (QED) is 0.834. The largest absolute Gasteiger partial charge is 0.478 e. The Morgan fingerprint density at radius 1 is 1.22 bits per heavy atom. The number of hydrogen-bond donors (Lipinski definition) is 1. The molecule has 0 spiro atoms. The fourth-order valence-corrected chi connectivity index (χ4v) is 2.22. The Morgan fingerprint density at radius 3 is 2.52 bits per heavy atom. The molecule has 0 radical (unpaired) electrons. The van der Waals surface area contributed by atoms with E-state index < -0.39 is 5.97 Å². The summed E-state index contributed by atoms with van der Waals surface area (Å²) in [6.45, 7) is 8.03. The Bertz CT molecular complexity index is 742. The van der Waals surface area contributed by atoms with Gasteiger partial charge in [0.2, 0.25) is 5.88 Å². The molecule has 0 fully saturated rings. The van der Waals surface area contributed by atoms with Crippen LogP contribution in [0.4, 0.5) is 0 Å². The van der Waals surface area contributed by atoms with Crippen molar-refractivity contribution < 1.29 is 14.6 Å². The van der Waals surface area contributed by atoms with Gasteiger partial charge in [0.05, 0.1) is 5.57 Å². The summed E-state index contributed by atoms with van der Waals surface area (Å²) < 4.78 is 5.86. The van der Waals surface area contributed by atoms with Gasteiger partial charge in [0.25, 0.3) is 0 Å². The normalized spacial score (nSPS) is 12.1. The standard InChI is InChI=1S/C19H21NO3/c1-5-14(18(21)22)15-8-6-7-9-16(15)23-17-12-13(10-11-20-17)19(2,3)4/h5-12H,1-4H3,(H,21,22). The molecule has 0 atom stereocenters. The fourth-order valence-electron chi connectivity index (χ4n) is 2.22. The molecule has 0 unspecified atom stereocenters. The molecule has 4 nitrogen and oxygen atoms in total. The predicted octanol–water partition coefficient (Wildman–Crippen LogP) is 4.66. The number of carboxylic acid groups (broad SMARTS) is 1. The summed E-state index contributed by atoms with van der Waals surface area (Å²) in [4.78, 5) is 15.6. The SMILES string of the molecule is CC=C(C(=O)O)c1ccccc1Oc1cc(C(C)(C)C)ccn1. The average molecular weight is 311 g/mol. The highest BCUT2D eigenvalue weighted by atomic mass is 16.5. The van der Waals surface area contributed by atoms with Gasteiger partial charge in [-0.2, -0.15) is 0 Å². The van der Waals surface area contributed by atoms with E-state index in [4.69, 9.17) is 4.74 Å². The Hall–Kier alpha value is -2.62. The van der Waals surface area contributed by atoms with E-state index in [2.05, 4.69) is 25.8 Å². The monoisotopic (exact) mass is 311 g/mol. The van der Waals surface area contributed by atoms with Crippen molar-refractivity contribution in [2.75, 3.05) is 0 Å². The van der Waals surface area contributed by atoms with E-state index in [1.807, 2.05) is 18.2 Å². The smallest absolute Gasteiger partial charge is 0.336 e. The highest BCUT2D eigenvalue weighted by Gasteiger charge is 2.17. The van der Waals surface area contributed by atoms with Gasteiger partial charge in [0.1, 0.15) is 5.75 Å². The van der Waals surface area contributed by atoms with Gasteiger partial charge in [-0.3, -0.25) is 0 Å². The van der Waals surface area contributed by atoms with Crippen molar-refractivity contribution in [2.45, 2.75) is 33.1 Å². The maximum absolute atomic E-state index is 11.4. The van der Waals surface area contributed by atoms with Crippen molar-refractivity contribution in [2.24, 2.45) is 0 Å². The van der Waals surface area contributed by atoms with Gasteiger partial charge in [-0.05, 0) is 30.0 Å². The molecule has 2 aromatic rings. The molecule has 0 aliphatic carbocycles. The van der Waals surface area contributed by atoms with E-state index in [0.29, 0.717) is 17.2 Å². The number of para-hydroxylation sites is 1. The van der Waals surface area contributed by atoms with Crippen LogP contribution in [-0.2, 0) is 10.2 Å². The number of carboxylic acids is 1. The predicted molar refractivity (Wildman–Crippen MR) is 90.7 cm³/mol. The van der Waals surface area contributed by atoms with Crippen LogP contribution in [-0.4, -0.2) is 16.1 Å². The van der Waals surface area contributed by atoms with Gasteiger partial charge < -0.3 is 9.84 Å². The second-order valence-electron chi connectivity index (χ2n) is 6.24. The number of pyridine rings is 1. The first-order chi connectivity index (χ1) is 10.8. The van der Waals surface area contributed by atoms with Crippen LogP contribution >= 0.6 is 0 Å². The summed E-state index contributed by atoms with van der Waals surface area (Å²) in [6, 6.07) is 10.9. The molecule has 0 aliphatic heterocycles. The molecule has 1 aromatic carbocycles. The lowest BCUT2D eigenvalue weighted by molar-refractivity contribution is -0.130. The van der Waals surface area contributed by atoms with Crippen molar-refractivity contribution in [1.82, 2.24) is 4.98 Å². The molecule has 2 rings (SSSR count). The van der Waals surface area contributed by atoms with Crippen LogP contribution in [0.5, 0.6) is 11.6 Å². The summed E-state index contributed by atoms with van der Waals surface area (Å²) in [5.74, 6) is -0.0628. The maximum Gasteiger partial charge on any atom is 0.336 e. The second kappa shape index (κ2) is 6.65. The van der Waals surface area contributed by atoms with Crippen molar-refractivity contribution in [1.29, 1.82) is 0 Å². The highest BCUT2D eigenvalue weighted by molar-refractivity contribution is 6.16. The van der Waals surface area contributed by atoms with E-state index in [0.717, 1.165) is 5.56 Å². The molecule has 0 aliphatic rings. The molecule has 120 valence electrons. The van der Waals surface area contributed by atoms with Crippen LogP contribution in [0.25, 0.3) is 5.57 Å². The number of benzene rings is 1. The first kappa shape index (κ1) is 16.7. The lowest BCUT2D eigenvalue weighted by Gasteiger charge is -2.19. The summed E-state index contributed by atoms with van der Waals surface area (Å²) in [7, 11) is 0. The highest BCUT2D eigenvalue weighted by Crippen LogP contribution is 2.31. The molecule has 4 heteroatoms. The molecular formula is C19H21NO3. The first-order valence-corrected chi connectivity index (χ1v) is 7.46. The van der Waals surface area contributed by atoms with Gasteiger partial charge in [0.15, 0.2) is 0 Å². The van der Waals surface area contributed by atoms with Gasteiger partial charge in [-0.15, -0.1) is 0 Å². The minimum absolute atomic E-state index is 0.0177. The van der Waals surface area contributed by atoms with Crippen LogP contribution < -0.4 is 4.74 Å². The third-order valence-electron chi connectivity index (χ3n) is 3.51. The second-order valence-corrected chi connectivity index (χ2v) is 6.24. The topological polar surface area (TPSA) is 59.4 Å². The zero-order valence-corrected chi connectivity index (χ0v) is 13.8. The first-order valence-electron chi connectivity index (χ1n) is 7.46. The Morgan fingerprint density at radius 2 is 1.91 bits per heavy atom. The number of nitrogens with zero attached hydrogens (tertiary/aromatic N) is 1. The number of aliphatic carboxylic acids is 1. The molecule has 0 saturated carbocycles. The summed E-state index contributed by atoms with van der Waals surface area (Å²) in [5.41, 5.74) is 1.82. The van der Waals surface area contributed by atoms with Crippen molar-refractivity contribution >= 4 is 11.5 Å². The zero-order valence-electron chi connectivity index (χ0n) is 13.8. The number of rotatable bonds is 4. The van der Waals surface area contributed by atoms with E-state index in [-0.39, 0.29) is 11.0 Å². The Labute approximate surface area is 136 Å². The van der Waals surface area contributed by atoms with Gasteiger partial charge >= 0.3 is 5.97 Å². The molecule has 23 heavy (non-hydrogen) atoms. The Kier molecular flexibility index (Phi) is 4.84. The molecule has 0 bridgehead atoms. The number of carbonyl (C=O) groups is 1. The van der Waals surface area contributed by atoms with E-state index in [1.165, 1.54) is 0 Å². The minimum Gasteiger partial charge on any atom is -0.478 e. The van der Waals surface area contributed by atoms with Crippen molar-refractivity contribution in [3.05, 3.63) is 59.8 Å². The Balaban J connectivity index is 2.41. The minimum atomic E-state index is -0.986. The van der Waals surface area contributed by atoms with Crippen molar-refractivity contribution in [3.63, 3.8) is 0 Å². The number of allylic oxidation sites excluding steroid dienone is 1. The maximum atomic E-state index is 11.4. The third kappa shape index (κ3) is 3.97. The van der Waals surface area contributed by atoms with Crippen LogP contribution in [0.2, 0.25) is 0 Å². The van der Waals surface area contributed by atoms with E-state index >= 15 is 0 Å². The summed E-state index contributed by atoms with van der Waals surface area (Å²) in [6.07, 6.45) is 3.26. The van der Waals surface area contributed by atoms with Crippen LogP contribution in [0.15, 0.2) is 48.7 Å². The molecular weight excluding hydrogens is 290 g/mol. The fraction of sp³-hybridized carbons (Fsp3) is 0.263. The molecule has 1 aromatic heterocycles.